The molecule has 0 saturated heterocycles. The van der Waals surface area contributed by atoms with E-state index in [1.54, 1.807) is 41.8 Å². The summed E-state index contributed by atoms with van der Waals surface area (Å²) >= 11 is 6.82. The number of rotatable bonds is 7. The van der Waals surface area contributed by atoms with Crippen molar-refractivity contribution in [2.75, 3.05) is 5.32 Å². The molecule has 0 radical (unpaired) electrons. The van der Waals surface area contributed by atoms with E-state index in [9.17, 15) is 18.0 Å². The fraction of sp³-hybridized carbons (Fsp3) is 0.190. The van der Waals surface area contributed by atoms with Gasteiger partial charge >= 0.3 is 6.18 Å². The minimum absolute atomic E-state index is 0.00741. The zero-order valence-electron chi connectivity index (χ0n) is 16.4. The number of carbonyl (C=O) groups is 1. The van der Waals surface area contributed by atoms with E-state index in [1.807, 2.05) is 6.07 Å². The SMILES string of the molecule is C=CCn1c(C)nnc1SC(C(=O)Nc1ccc(Cl)c(C(F)(F)F)c1)c1ccccc1. The molecule has 0 saturated carbocycles. The molecule has 0 aliphatic rings. The number of allylic oxidation sites excluding steroid dienone is 1. The zero-order chi connectivity index (χ0) is 22.6. The van der Waals surface area contributed by atoms with Crippen molar-refractivity contribution in [3.63, 3.8) is 0 Å². The van der Waals surface area contributed by atoms with Gasteiger partial charge in [-0.2, -0.15) is 13.2 Å². The number of benzene rings is 2. The summed E-state index contributed by atoms with van der Waals surface area (Å²) in [7, 11) is 0. The van der Waals surface area contributed by atoms with Gasteiger partial charge in [-0.05, 0) is 30.7 Å². The van der Waals surface area contributed by atoms with Gasteiger partial charge in [0.2, 0.25) is 5.91 Å². The highest BCUT2D eigenvalue weighted by molar-refractivity contribution is 8.00. The van der Waals surface area contributed by atoms with Crippen LogP contribution in [-0.4, -0.2) is 20.7 Å². The van der Waals surface area contributed by atoms with Gasteiger partial charge in [-0.25, -0.2) is 0 Å². The Bertz CT molecular complexity index is 1090. The molecule has 0 spiro atoms. The number of carbonyl (C=O) groups excluding carboxylic acids is 1. The summed E-state index contributed by atoms with van der Waals surface area (Å²) in [5.41, 5.74) is -0.356. The molecule has 2 aromatic carbocycles. The van der Waals surface area contributed by atoms with Gasteiger partial charge in [0, 0.05) is 12.2 Å². The Hall–Kier alpha value is -2.78. The molecule has 31 heavy (non-hydrogen) atoms. The van der Waals surface area contributed by atoms with E-state index in [4.69, 9.17) is 11.6 Å². The summed E-state index contributed by atoms with van der Waals surface area (Å²) in [6.45, 7) is 5.95. The van der Waals surface area contributed by atoms with Crippen molar-refractivity contribution in [3.8, 4) is 0 Å². The highest BCUT2D eigenvalue weighted by Gasteiger charge is 2.34. The van der Waals surface area contributed by atoms with E-state index >= 15 is 0 Å². The first-order chi connectivity index (χ1) is 14.7. The molecule has 3 aromatic rings. The number of aromatic nitrogens is 3. The predicted octanol–water partition coefficient (Wildman–Crippen LogP) is 5.92. The first-order valence-electron chi connectivity index (χ1n) is 9.10. The highest BCUT2D eigenvalue weighted by atomic mass is 35.5. The smallest absolute Gasteiger partial charge is 0.325 e. The maximum absolute atomic E-state index is 13.2. The Kier molecular flexibility index (Phi) is 7.07. The number of nitrogens with one attached hydrogen (secondary N) is 1. The third-order valence-electron chi connectivity index (χ3n) is 4.32. The molecule has 0 fully saturated rings. The molecule has 1 aromatic heterocycles. The maximum atomic E-state index is 13.2. The summed E-state index contributed by atoms with van der Waals surface area (Å²) in [6, 6.07) is 12.1. The van der Waals surface area contributed by atoms with Crippen molar-refractivity contribution in [2.45, 2.75) is 30.1 Å². The fourth-order valence-corrected chi connectivity index (χ4v) is 4.14. The Morgan fingerprint density at radius 1 is 1.26 bits per heavy atom. The molecule has 10 heteroatoms. The standard InChI is InChI=1S/C21H18ClF3N4OS/c1-3-11-29-13(2)27-28-20(29)31-18(14-7-5-4-6-8-14)19(30)26-15-9-10-17(22)16(12-15)21(23,24)25/h3-10,12,18H,1,11H2,2H3,(H,26,30). The molecular formula is C21H18ClF3N4OS. The quantitative estimate of drug-likeness (QED) is 0.347. The topological polar surface area (TPSA) is 59.8 Å². The predicted molar refractivity (Wildman–Crippen MR) is 115 cm³/mol. The van der Waals surface area contributed by atoms with Gasteiger partial charge in [-0.1, -0.05) is 59.8 Å². The lowest BCUT2D eigenvalue weighted by atomic mass is 10.1. The number of thioether (sulfide) groups is 1. The van der Waals surface area contributed by atoms with E-state index < -0.39 is 27.9 Å². The Morgan fingerprint density at radius 2 is 1.97 bits per heavy atom. The number of aryl methyl sites for hydroxylation is 1. The third kappa shape index (κ3) is 5.48. The van der Waals surface area contributed by atoms with E-state index in [2.05, 4.69) is 22.1 Å². The lowest BCUT2D eigenvalue weighted by Crippen LogP contribution is -2.20. The Morgan fingerprint density at radius 3 is 2.61 bits per heavy atom. The van der Waals surface area contributed by atoms with Crippen LogP contribution >= 0.6 is 23.4 Å². The lowest BCUT2D eigenvalue weighted by molar-refractivity contribution is -0.137. The average Bonchev–Trinajstić information content (AvgIpc) is 3.07. The molecule has 5 nitrogen and oxygen atoms in total. The van der Waals surface area contributed by atoms with Crippen molar-refractivity contribution in [2.24, 2.45) is 0 Å². The number of hydrogen-bond acceptors (Lipinski definition) is 4. The molecule has 1 atom stereocenters. The summed E-state index contributed by atoms with van der Waals surface area (Å²) < 4.78 is 41.3. The highest BCUT2D eigenvalue weighted by Crippen LogP contribution is 2.38. The van der Waals surface area contributed by atoms with E-state index in [-0.39, 0.29) is 5.69 Å². The minimum atomic E-state index is -4.63. The normalized spacial score (nSPS) is 12.4. The van der Waals surface area contributed by atoms with Crippen LogP contribution in [0, 0.1) is 6.92 Å². The summed E-state index contributed by atoms with van der Waals surface area (Å²) in [4.78, 5) is 13.1. The number of amides is 1. The van der Waals surface area contributed by atoms with Crippen molar-refractivity contribution < 1.29 is 18.0 Å². The Labute approximate surface area is 186 Å². The van der Waals surface area contributed by atoms with Gasteiger partial charge in [0.05, 0.1) is 10.6 Å². The number of hydrogen-bond donors (Lipinski definition) is 1. The molecule has 162 valence electrons. The van der Waals surface area contributed by atoms with Gasteiger partial charge < -0.3 is 9.88 Å². The second-order valence-corrected chi connectivity index (χ2v) is 8.00. The van der Waals surface area contributed by atoms with Gasteiger partial charge in [0.25, 0.3) is 0 Å². The average molecular weight is 467 g/mol. The zero-order valence-corrected chi connectivity index (χ0v) is 17.9. The van der Waals surface area contributed by atoms with Crippen LogP contribution < -0.4 is 5.32 Å². The van der Waals surface area contributed by atoms with Crippen LogP contribution in [-0.2, 0) is 17.5 Å². The maximum Gasteiger partial charge on any atom is 0.417 e. The van der Waals surface area contributed by atoms with Crippen molar-refractivity contribution in [3.05, 3.63) is 83.2 Å². The molecule has 1 heterocycles. The summed E-state index contributed by atoms with van der Waals surface area (Å²) in [5.74, 6) is 0.152. The molecular weight excluding hydrogens is 449 g/mol. The molecule has 1 amide bonds. The van der Waals surface area contributed by atoms with E-state index in [0.29, 0.717) is 23.1 Å². The van der Waals surface area contributed by atoms with Crippen LogP contribution in [0.4, 0.5) is 18.9 Å². The van der Waals surface area contributed by atoms with Gasteiger partial charge in [0.1, 0.15) is 11.1 Å². The van der Waals surface area contributed by atoms with Crippen molar-refractivity contribution in [1.82, 2.24) is 14.8 Å². The van der Waals surface area contributed by atoms with E-state index in [0.717, 1.165) is 23.9 Å². The van der Waals surface area contributed by atoms with Crippen molar-refractivity contribution >= 4 is 35.0 Å². The van der Waals surface area contributed by atoms with Gasteiger partial charge in [-0.3, -0.25) is 4.79 Å². The van der Waals surface area contributed by atoms with Gasteiger partial charge in [-0.15, -0.1) is 16.8 Å². The van der Waals surface area contributed by atoms with Crippen LogP contribution in [0.5, 0.6) is 0 Å². The second-order valence-electron chi connectivity index (χ2n) is 6.52. The first kappa shape index (κ1) is 22.9. The molecule has 1 N–H and O–H groups in total. The molecule has 1 unspecified atom stereocenters. The third-order valence-corrected chi connectivity index (χ3v) is 5.88. The largest absolute Gasteiger partial charge is 0.417 e. The minimum Gasteiger partial charge on any atom is -0.325 e. The number of anilines is 1. The van der Waals surface area contributed by atoms with E-state index in [1.165, 1.54) is 6.07 Å². The van der Waals surface area contributed by atoms with Crippen LogP contribution in [0.25, 0.3) is 0 Å². The van der Waals surface area contributed by atoms with Gasteiger partial charge in [0.15, 0.2) is 5.16 Å². The molecule has 3 rings (SSSR count). The van der Waals surface area contributed by atoms with Crippen LogP contribution in [0.1, 0.15) is 22.2 Å². The summed E-state index contributed by atoms with van der Waals surface area (Å²) in [6.07, 6.45) is -2.95. The molecule has 0 aliphatic heterocycles. The Balaban J connectivity index is 1.92. The number of nitrogens with zero attached hydrogens (tertiary/aromatic N) is 3. The van der Waals surface area contributed by atoms with Crippen LogP contribution in [0.2, 0.25) is 5.02 Å². The van der Waals surface area contributed by atoms with Crippen molar-refractivity contribution in [1.29, 1.82) is 0 Å². The fourth-order valence-electron chi connectivity index (χ4n) is 2.82. The monoisotopic (exact) mass is 466 g/mol. The lowest BCUT2D eigenvalue weighted by Gasteiger charge is -2.18. The molecule has 0 bridgehead atoms. The van der Waals surface area contributed by atoms with Crippen LogP contribution in [0.3, 0.4) is 0 Å². The number of alkyl halides is 3. The molecule has 0 aliphatic carbocycles. The number of halogens is 4. The first-order valence-corrected chi connectivity index (χ1v) is 10.4. The second kappa shape index (κ2) is 9.57. The summed E-state index contributed by atoms with van der Waals surface area (Å²) in [5, 5.41) is 10.0. The van der Waals surface area contributed by atoms with Crippen LogP contribution in [0.15, 0.2) is 66.3 Å².